The molecule has 2 bridgehead atoms. The lowest BCUT2D eigenvalue weighted by molar-refractivity contribution is -0.141. The Kier molecular flexibility index (Phi) is 19.9. The van der Waals surface area contributed by atoms with E-state index in [4.69, 9.17) is 0 Å². The number of amides is 8. The number of phenols is 2. The van der Waals surface area contributed by atoms with Crippen molar-refractivity contribution in [1.82, 2.24) is 47.5 Å². The highest BCUT2D eigenvalue weighted by atomic mass is 32.2. The lowest BCUT2D eigenvalue weighted by Gasteiger charge is -2.28. The van der Waals surface area contributed by atoms with Crippen LogP contribution in [0.1, 0.15) is 79.6 Å². The molecule has 8 amide bonds. The van der Waals surface area contributed by atoms with Crippen molar-refractivity contribution in [3.05, 3.63) is 81.8 Å². The number of phenolic OH excluding ortho intramolecular Hbond substituents is 2. The van der Waals surface area contributed by atoms with Crippen LogP contribution in [-0.2, 0) is 54.9 Å². The van der Waals surface area contributed by atoms with Crippen LogP contribution in [0.25, 0.3) is 6.08 Å². The number of fused-ring (bicyclic) bond motifs is 2. The molecule has 0 radical (unpaired) electrons. The van der Waals surface area contributed by atoms with Crippen LogP contribution in [0.15, 0.2) is 60.0 Å². The number of carbonyl (C=O) groups is 9. The van der Waals surface area contributed by atoms with Crippen LogP contribution in [0.4, 0.5) is 0 Å². The summed E-state index contributed by atoms with van der Waals surface area (Å²) in [6.45, 7) is 4.84. The third-order valence-corrected chi connectivity index (χ3v) is 12.3. The standard InChI is InChI=1S/C44H55N9O14S2/c1-5-7-30-41(62)53-36(23(3)6-2)37(58)43(64)51-31(18-25-8-13-28(54)14-9-25)44-48-27(21-68-44)12-17-34(56)49-33(22-69(65,66)67)40(61)45-19-32(42(63)50-30)52-38(59)24(4)47-35(57)20-46-39(60)26-10-15-29(55)16-11-26/h8-17,21,23-24,30-33,36,54-55H,5-7,18-20,22H2,1-4H3,(H,45,61)(H,46,60)(H,47,57)(H,49,56)(H,50,63)(H,51,64)(H,52,59)(H,53,62)(H,65,66,67). The molecule has 11 N–H and O–H groups in total. The van der Waals surface area contributed by atoms with Gasteiger partial charge in [0.2, 0.25) is 41.2 Å². The van der Waals surface area contributed by atoms with Gasteiger partial charge in [-0.05, 0) is 73.7 Å². The average Bonchev–Trinajstić information content (AvgIpc) is 3.78. The molecule has 0 saturated heterocycles. The van der Waals surface area contributed by atoms with Crippen LogP contribution >= 0.6 is 11.3 Å². The summed E-state index contributed by atoms with van der Waals surface area (Å²) in [6, 6.07) is 2.21. The topological polar surface area (TPSA) is 358 Å². The highest BCUT2D eigenvalue weighted by molar-refractivity contribution is 7.85. The zero-order valence-electron chi connectivity index (χ0n) is 37.9. The van der Waals surface area contributed by atoms with Crippen LogP contribution in [0.2, 0.25) is 0 Å². The SMILES string of the molecule is CCCC1NC(=O)C(NC(=O)C(C)NC(=O)CNC(=O)c2ccc(O)cc2)CNC(=O)C(CS(=O)(=O)O)NC(=O)C=Cc2csc(n2)C(Cc2ccc(O)cc2)NC(=O)C(=O)C(C(C)CC)NC1=O. The molecule has 2 aromatic carbocycles. The first-order valence-corrected chi connectivity index (χ1v) is 24.1. The molecule has 7 atom stereocenters. The Morgan fingerprint density at radius 2 is 1.48 bits per heavy atom. The molecule has 7 unspecified atom stereocenters. The number of nitrogens with one attached hydrogen (secondary N) is 8. The van der Waals surface area contributed by atoms with Crippen LogP contribution in [0.3, 0.4) is 0 Å². The number of rotatable bonds is 14. The molecule has 25 heteroatoms. The maximum atomic E-state index is 14.0. The monoisotopic (exact) mass is 997 g/mol. The fourth-order valence-electron chi connectivity index (χ4n) is 6.60. The molecule has 1 aliphatic rings. The maximum absolute atomic E-state index is 14.0. The lowest BCUT2D eigenvalue weighted by Crippen LogP contribution is -2.61. The predicted molar refractivity (Wildman–Crippen MR) is 248 cm³/mol. The van der Waals surface area contributed by atoms with Crippen molar-refractivity contribution in [3.63, 3.8) is 0 Å². The second-order valence-electron chi connectivity index (χ2n) is 16.1. The summed E-state index contributed by atoms with van der Waals surface area (Å²) in [6.07, 6.45) is 2.72. The number of nitrogens with zero attached hydrogens (tertiary/aromatic N) is 1. The fraction of sp³-hybridized carbons (Fsp3) is 0.409. The van der Waals surface area contributed by atoms with Crippen molar-refractivity contribution >= 4 is 80.6 Å². The third-order valence-electron chi connectivity index (χ3n) is 10.6. The van der Waals surface area contributed by atoms with Crippen LogP contribution < -0.4 is 42.5 Å². The van der Waals surface area contributed by atoms with Gasteiger partial charge >= 0.3 is 0 Å². The lowest BCUT2D eigenvalue weighted by atomic mass is 9.94. The number of carbonyl (C=O) groups excluding carboxylic acids is 9. The Morgan fingerprint density at radius 1 is 0.826 bits per heavy atom. The smallest absolute Gasteiger partial charge is 0.290 e. The van der Waals surface area contributed by atoms with Gasteiger partial charge in [-0.3, -0.25) is 47.7 Å². The number of ketones is 1. The molecular weight excluding hydrogens is 943 g/mol. The normalized spacial score (nSPS) is 20.8. The molecule has 0 spiro atoms. The van der Waals surface area contributed by atoms with Crippen molar-refractivity contribution in [2.75, 3.05) is 18.8 Å². The highest BCUT2D eigenvalue weighted by Crippen LogP contribution is 2.25. The van der Waals surface area contributed by atoms with Gasteiger partial charge in [-0.25, -0.2) is 4.98 Å². The predicted octanol–water partition coefficient (Wildman–Crippen LogP) is -0.726. The van der Waals surface area contributed by atoms with Gasteiger partial charge < -0.3 is 52.7 Å². The summed E-state index contributed by atoms with van der Waals surface area (Å²) in [5.74, 6) is -11.0. The molecular formula is C44H55N9O14S2. The quantitative estimate of drug-likeness (QED) is 0.0701. The molecule has 3 aromatic rings. The van der Waals surface area contributed by atoms with E-state index in [0.29, 0.717) is 12.0 Å². The van der Waals surface area contributed by atoms with Gasteiger partial charge in [-0.2, -0.15) is 8.42 Å². The van der Waals surface area contributed by atoms with E-state index >= 15 is 0 Å². The van der Waals surface area contributed by atoms with Gasteiger partial charge in [0.1, 0.15) is 46.4 Å². The number of benzene rings is 2. The van der Waals surface area contributed by atoms with Crippen molar-refractivity contribution in [3.8, 4) is 11.5 Å². The molecule has 1 aromatic heterocycles. The van der Waals surface area contributed by atoms with E-state index in [1.165, 1.54) is 54.8 Å². The summed E-state index contributed by atoms with van der Waals surface area (Å²) in [5, 5.41) is 40.3. The summed E-state index contributed by atoms with van der Waals surface area (Å²) in [5.41, 5.74) is 0.906. The van der Waals surface area contributed by atoms with Crippen molar-refractivity contribution in [1.29, 1.82) is 0 Å². The molecule has 0 saturated carbocycles. The van der Waals surface area contributed by atoms with Gasteiger partial charge in [-0.15, -0.1) is 11.3 Å². The molecule has 0 fully saturated rings. The van der Waals surface area contributed by atoms with Crippen LogP contribution in [0.5, 0.6) is 11.5 Å². The first-order valence-electron chi connectivity index (χ1n) is 21.6. The molecule has 4 rings (SSSR count). The Morgan fingerprint density at radius 3 is 2.10 bits per heavy atom. The Labute approximate surface area is 400 Å². The summed E-state index contributed by atoms with van der Waals surface area (Å²) < 4.78 is 33.7. The molecule has 23 nitrogen and oxygen atoms in total. The summed E-state index contributed by atoms with van der Waals surface area (Å²) >= 11 is 1.05. The molecule has 372 valence electrons. The van der Waals surface area contributed by atoms with E-state index < -0.39 is 124 Å². The number of aromatic nitrogens is 1. The van der Waals surface area contributed by atoms with Crippen LogP contribution in [0, 0.1) is 5.92 Å². The minimum Gasteiger partial charge on any atom is -0.508 e. The largest absolute Gasteiger partial charge is 0.508 e. The zero-order chi connectivity index (χ0) is 51.0. The third kappa shape index (κ3) is 17.1. The number of thiazole rings is 1. The molecule has 2 heterocycles. The second-order valence-corrected chi connectivity index (χ2v) is 18.4. The summed E-state index contributed by atoms with van der Waals surface area (Å²) in [7, 11) is -4.95. The van der Waals surface area contributed by atoms with Gasteiger partial charge in [0.25, 0.3) is 21.9 Å². The molecule has 69 heavy (non-hydrogen) atoms. The number of aromatic hydroxyl groups is 2. The van der Waals surface area contributed by atoms with Crippen LogP contribution in [-0.4, -0.2) is 130 Å². The van der Waals surface area contributed by atoms with E-state index in [1.54, 1.807) is 32.9 Å². The highest BCUT2D eigenvalue weighted by Gasteiger charge is 2.36. The fourth-order valence-corrected chi connectivity index (χ4v) is 8.09. The minimum atomic E-state index is -4.95. The van der Waals surface area contributed by atoms with Gasteiger partial charge in [0, 0.05) is 23.6 Å². The number of hydrogen-bond donors (Lipinski definition) is 11. The molecule has 0 aliphatic carbocycles. The first kappa shape index (κ1) is 54.4. The van der Waals surface area contributed by atoms with E-state index in [9.17, 15) is 66.3 Å². The van der Waals surface area contributed by atoms with Gasteiger partial charge in [-0.1, -0.05) is 45.7 Å². The Bertz CT molecular complexity index is 2520. The number of hydrogen-bond acceptors (Lipinski definition) is 15. The van der Waals surface area contributed by atoms with Crippen molar-refractivity contribution in [2.45, 2.75) is 89.6 Å². The summed E-state index contributed by atoms with van der Waals surface area (Å²) in [4.78, 5) is 126. The minimum absolute atomic E-state index is 0.0223. The first-order chi connectivity index (χ1) is 32.6. The van der Waals surface area contributed by atoms with E-state index in [0.717, 1.165) is 17.4 Å². The van der Waals surface area contributed by atoms with Crippen molar-refractivity contribution in [2.24, 2.45) is 5.92 Å². The maximum Gasteiger partial charge on any atom is 0.290 e. The van der Waals surface area contributed by atoms with Crippen molar-refractivity contribution < 1.29 is 66.3 Å². The van der Waals surface area contributed by atoms with Gasteiger partial charge in [0.05, 0.1) is 24.3 Å². The zero-order valence-corrected chi connectivity index (χ0v) is 39.6. The average molecular weight is 998 g/mol. The van der Waals surface area contributed by atoms with Gasteiger partial charge in [0.15, 0.2) is 0 Å². The number of Topliss-reactive ketones (excluding diaryl/α,β-unsaturated/α-hetero) is 1. The second kappa shape index (κ2) is 25.2. The Balaban J connectivity index is 1.67. The van der Waals surface area contributed by atoms with E-state index in [1.807, 2.05) is 0 Å². The Hall–Kier alpha value is -7.25. The van der Waals surface area contributed by atoms with E-state index in [-0.39, 0.29) is 47.0 Å². The molecule has 1 aliphatic heterocycles. The van der Waals surface area contributed by atoms with E-state index in [2.05, 4.69) is 47.5 Å².